The summed E-state index contributed by atoms with van der Waals surface area (Å²) in [6, 6.07) is 13.1. The van der Waals surface area contributed by atoms with Gasteiger partial charge in [0.25, 0.3) is 0 Å². The summed E-state index contributed by atoms with van der Waals surface area (Å²) < 4.78 is 26.3. The first-order chi connectivity index (χ1) is 15.8. The minimum Gasteiger partial charge on any atom is -0.352 e. The van der Waals surface area contributed by atoms with Crippen LogP contribution in [0.25, 0.3) is 0 Å². The van der Waals surface area contributed by atoms with Crippen molar-refractivity contribution in [2.75, 3.05) is 17.1 Å². The average Bonchev–Trinajstić information content (AvgIpc) is 2.75. The van der Waals surface area contributed by atoms with Gasteiger partial charge in [-0.2, -0.15) is 0 Å². The first-order valence-electron chi connectivity index (χ1n) is 11.2. The molecule has 0 heterocycles. The zero-order valence-corrected chi connectivity index (χ0v) is 22.2. The van der Waals surface area contributed by atoms with Crippen LogP contribution in [-0.2, 0) is 26.2 Å². The number of halogens is 1. The van der Waals surface area contributed by atoms with Crippen LogP contribution in [0.15, 0.2) is 48.5 Å². The minimum atomic E-state index is -3.76. The largest absolute Gasteiger partial charge is 0.352 e. The van der Waals surface area contributed by atoms with Crippen molar-refractivity contribution in [2.24, 2.45) is 0 Å². The molecule has 186 valence electrons. The molecule has 1 atom stereocenters. The van der Waals surface area contributed by atoms with E-state index >= 15 is 0 Å². The molecule has 0 aliphatic carbocycles. The molecule has 7 nitrogen and oxygen atoms in total. The number of nitrogens with zero attached hydrogens (tertiary/aromatic N) is 2. The van der Waals surface area contributed by atoms with Crippen molar-refractivity contribution < 1.29 is 18.0 Å². The number of hydrogen-bond donors (Lipinski definition) is 1. The molecule has 9 heteroatoms. The third-order valence-corrected chi connectivity index (χ3v) is 6.78. The Morgan fingerprint density at radius 1 is 0.941 bits per heavy atom. The summed E-state index contributed by atoms with van der Waals surface area (Å²) in [4.78, 5) is 27.6. The molecular weight excluding hydrogens is 474 g/mol. The lowest BCUT2D eigenvalue weighted by atomic mass is 10.0. The van der Waals surface area contributed by atoms with Gasteiger partial charge in [-0.25, -0.2) is 8.42 Å². The molecule has 2 amide bonds. The highest BCUT2D eigenvalue weighted by Crippen LogP contribution is 2.23. The Kier molecular flexibility index (Phi) is 9.53. The van der Waals surface area contributed by atoms with Gasteiger partial charge in [0.1, 0.15) is 12.6 Å². The zero-order valence-electron chi connectivity index (χ0n) is 20.6. The smallest absolute Gasteiger partial charge is 0.244 e. The van der Waals surface area contributed by atoms with Crippen LogP contribution in [0.2, 0.25) is 5.02 Å². The van der Waals surface area contributed by atoms with Crippen LogP contribution < -0.4 is 9.62 Å². The molecule has 2 rings (SSSR count). The van der Waals surface area contributed by atoms with E-state index in [4.69, 9.17) is 11.6 Å². The van der Waals surface area contributed by atoms with E-state index in [-0.39, 0.29) is 24.4 Å². The van der Waals surface area contributed by atoms with E-state index < -0.39 is 28.5 Å². The van der Waals surface area contributed by atoms with Crippen molar-refractivity contribution in [3.05, 3.63) is 64.7 Å². The summed E-state index contributed by atoms with van der Waals surface area (Å²) in [5.41, 5.74) is 2.23. The lowest BCUT2D eigenvalue weighted by molar-refractivity contribution is -0.139. The molecule has 0 unspecified atom stereocenters. The molecule has 0 radical (unpaired) electrons. The fraction of sp³-hybridized carbons (Fsp3) is 0.440. The number of benzene rings is 2. The predicted octanol–water partition coefficient (Wildman–Crippen LogP) is 4.17. The maximum Gasteiger partial charge on any atom is 0.244 e. The lowest BCUT2D eigenvalue weighted by Crippen LogP contribution is -2.52. The highest BCUT2D eigenvalue weighted by Gasteiger charge is 2.30. The summed E-state index contributed by atoms with van der Waals surface area (Å²) in [5, 5.41) is 3.37. The van der Waals surface area contributed by atoms with Gasteiger partial charge in [-0.15, -0.1) is 0 Å². The molecular formula is C25H34ClN3O4S. The first kappa shape index (κ1) is 27.7. The van der Waals surface area contributed by atoms with E-state index in [0.717, 1.165) is 21.7 Å². The van der Waals surface area contributed by atoms with Crippen LogP contribution in [0.5, 0.6) is 0 Å². The Balaban J connectivity index is 2.37. The van der Waals surface area contributed by atoms with Crippen LogP contribution in [-0.4, -0.2) is 50.0 Å². The predicted molar refractivity (Wildman–Crippen MR) is 137 cm³/mol. The van der Waals surface area contributed by atoms with Gasteiger partial charge in [-0.1, -0.05) is 49.7 Å². The Morgan fingerprint density at radius 3 is 1.97 bits per heavy atom. The van der Waals surface area contributed by atoms with E-state index in [1.165, 1.54) is 4.90 Å². The summed E-state index contributed by atoms with van der Waals surface area (Å²) in [6.45, 7) is 9.10. The topological polar surface area (TPSA) is 86.8 Å². The summed E-state index contributed by atoms with van der Waals surface area (Å²) in [7, 11) is -3.76. The quantitative estimate of drug-likeness (QED) is 0.523. The van der Waals surface area contributed by atoms with Crippen LogP contribution in [0.3, 0.4) is 0 Å². The van der Waals surface area contributed by atoms with Crippen LogP contribution in [0.1, 0.15) is 51.7 Å². The fourth-order valence-corrected chi connectivity index (χ4v) is 4.39. The molecule has 0 saturated carbocycles. The lowest BCUT2D eigenvalue weighted by Gasteiger charge is -2.32. The van der Waals surface area contributed by atoms with Crippen molar-refractivity contribution in [2.45, 2.75) is 59.2 Å². The van der Waals surface area contributed by atoms with Gasteiger partial charge >= 0.3 is 0 Å². The Hall–Kier alpha value is -2.58. The first-order valence-corrected chi connectivity index (χ1v) is 13.4. The van der Waals surface area contributed by atoms with Crippen molar-refractivity contribution in [1.29, 1.82) is 0 Å². The molecule has 0 aliphatic rings. The molecule has 0 fully saturated rings. The third kappa shape index (κ3) is 7.74. The number of nitrogens with one attached hydrogen (secondary N) is 1. The van der Waals surface area contributed by atoms with E-state index in [2.05, 4.69) is 5.32 Å². The third-order valence-electron chi connectivity index (χ3n) is 5.39. The second-order valence-corrected chi connectivity index (χ2v) is 11.3. The standard InChI is InChI=1S/C25H34ClN3O4S/c1-17(2)21-9-13-23(14-10-21)29(34(6,32)33)16-24(30)28(19(5)25(31)27-18(3)4)15-20-7-11-22(26)12-8-20/h7-14,17-19H,15-16H2,1-6H3,(H,27,31)/t19-/m0/s1. The van der Waals surface area contributed by atoms with Crippen LogP contribution in [0, 0.1) is 0 Å². The summed E-state index contributed by atoms with van der Waals surface area (Å²) in [6.07, 6.45) is 1.06. The summed E-state index contributed by atoms with van der Waals surface area (Å²) >= 11 is 5.98. The number of carbonyl (C=O) groups excluding carboxylic acids is 2. The maximum atomic E-state index is 13.5. The highest BCUT2D eigenvalue weighted by molar-refractivity contribution is 7.92. The van der Waals surface area contributed by atoms with Crippen molar-refractivity contribution in [3.63, 3.8) is 0 Å². The van der Waals surface area contributed by atoms with E-state index in [1.807, 2.05) is 39.8 Å². The normalized spacial score (nSPS) is 12.5. The van der Waals surface area contributed by atoms with Gasteiger partial charge in [0.15, 0.2) is 0 Å². The molecule has 1 N–H and O–H groups in total. The monoisotopic (exact) mass is 507 g/mol. The maximum absolute atomic E-state index is 13.5. The van der Waals surface area contributed by atoms with Gasteiger partial charge in [0, 0.05) is 17.6 Å². The number of anilines is 1. The summed E-state index contributed by atoms with van der Waals surface area (Å²) in [5.74, 6) is -0.512. The number of rotatable bonds is 10. The van der Waals surface area contributed by atoms with Gasteiger partial charge in [0.05, 0.1) is 11.9 Å². The number of amides is 2. The van der Waals surface area contributed by atoms with Crippen LogP contribution >= 0.6 is 11.6 Å². The van der Waals surface area contributed by atoms with Crippen molar-refractivity contribution >= 4 is 39.1 Å². The van der Waals surface area contributed by atoms with Crippen molar-refractivity contribution in [1.82, 2.24) is 10.2 Å². The van der Waals surface area contributed by atoms with Gasteiger partial charge in [-0.05, 0) is 62.1 Å². The number of sulfonamides is 1. The van der Waals surface area contributed by atoms with Gasteiger partial charge in [0.2, 0.25) is 21.8 Å². The second kappa shape index (κ2) is 11.7. The Morgan fingerprint density at radius 2 is 1.50 bits per heavy atom. The fourth-order valence-electron chi connectivity index (χ4n) is 3.41. The second-order valence-electron chi connectivity index (χ2n) is 9.00. The van der Waals surface area contributed by atoms with Gasteiger partial charge in [-0.3, -0.25) is 13.9 Å². The molecule has 2 aromatic rings. The van der Waals surface area contributed by atoms with Crippen molar-refractivity contribution in [3.8, 4) is 0 Å². The van der Waals surface area contributed by atoms with E-state index in [9.17, 15) is 18.0 Å². The molecule has 0 aromatic heterocycles. The molecule has 0 spiro atoms. The molecule has 34 heavy (non-hydrogen) atoms. The van der Waals surface area contributed by atoms with E-state index in [1.54, 1.807) is 43.3 Å². The molecule has 0 bridgehead atoms. The Labute approximate surface area is 208 Å². The number of hydrogen-bond acceptors (Lipinski definition) is 4. The Bertz CT molecular complexity index is 1080. The number of carbonyl (C=O) groups is 2. The average molecular weight is 508 g/mol. The van der Waals surface area contributed by atoms with E-state index in [0.29, 0.717) is 10.7 Å². The molecule has 2 aromatic carbocycles. The zero-order chi connectivity index (χ0) is 25.6. The highest BCUT2D eigenvalue weighted by atomic mass is 35.5. The minimum absolute atomic E-state index is 0.102. The molecule has 0 aliphatic heterocycles. The molecule has 0 saturated heterocycles. The van der Waals surface area contributed by atoms with Gasteiger partial charge < -0.3 is 10.2 Å². The van der Waals surface area contributed by atoms with Crippen LogP contribution in [0.4, 0.5) is 5.69 Å². The SMILES string of the molecule is CC(C)NC(=O)[C@H](C)N(Cc1ccc(Cl)cc1)C(=O)CN(c1ccc(C(C)C)cc1)S(C)(=O)=O.